The molecule has 1 aromatic rings. The lowest BCUT2D eigenvalue weighted by Gasteiger charge is -2.31. The molecule has 1 aliphatic rings. The van der Waals surface area contributed by atoms with Gasteiger partial charge in [0.15, 0.2) is 0 Å². The quantitative estimate of drug-likeness (QED) is 0.837. The van der Waals surface area contributed by atoms with Crippen LogP contribution < -0.4 is 5.73 Å². The molecule has 1 aliphatic heterocycles. The molecule has 2 N–H and O–H groups in total. The zero-order chi connectivity index (χ0) is 15.2. The SMILES string of the molecule is CN(C(=O)c1ccc(C#CCN)c(F)c1)C1CCOCC1. The average Bonchev–Trinajstić information content (AvgIpc) is 2.53. The summed E-state index contributed by atoms with van der Waals surface area (Å²) in [5.74, 6) is 4.56. The number of carbonyl (C=O) groups is 1. The van der Waals surface area contributed by atoms with Gasteiger partial charge >= 0.3 is 0 Å². The number of amides is 1. The number of benzene rings is 1. The summed E-state index contributed by atoms with van der Waals surface area (Å²) in [6.07, 6.45) is 1.62. The van der Waals surface area contributed by atoms with Crippen molar-refractivity contribution in [1.29, 1.82) is 0 Å². The van der Waals surface area contributed by atoms with Gasteiger partial charge in [-0.1, -0.05) is 11.8 Å². The summed E-state index contributed by atoms with van der Waals surface area (Å²) in [5, 5.41) is 0. The largest absolute Gasteiger partial charge is 0.381 e. The van der Waals surface area contributed by atoms with Crippen molar-refractivity contribution in [3.05, 3.63) is 35.1 Å². The highest BCUT2D eigenvalue weighted by Gasteiger charge is 2.23. The molecule has 1 fully saturated rings. The fraction of sp³-hybridized carbons (Fsp3) is 0.438. The molecule has 4 nitrogen and oxygen atoms in total. The molecule has 2 rings (SSSR count). The summed E-state index contributed by atoms with van der Waals surface area (Å²) in [6, 6.07) is 4.50. The van der Waals surface area contributed by atoms with E-state index >= 15 is 0 Å². The van der Waals surface area contributed by atoms with Crippen LogP contribution in [0.1, 0.15) is 28.8 Å². The van der Waals surface area contributed by atoms with Gasteiger partial charge in [0.1, 0.15) is 5.82 Å². The number of rotatable bonds is 2. The third-order valence-corrected chi connectivity index (χ3v) is 3.60. The summed E-state index contributed by atoms with van der Waals surface area (Å²) in [5.41, 5.74) is 5.85. The Morgan fingerprint density at radius 2 is 2.19 bits per heavy atom. The highest BCUT2D eigenvalue weighted by molar-refractivity contribution is 5.94. The molecule has 0 aliphatic carbocycles. The number of halogens is 1. The molecule has 0 spiro atoms. The van der Waals surface area contributed by atoms with Gasteiger partial charge in [-0.05, 0) is 31.0 Å². The van der Waals surface area contributed by atoms with E-state index in [2.05, 4.69) is 11.8 Å². The van der Waals surface area contributed by atoms with Crippen molar-refractivity contribution in [1.82, 2.24) is 4.90 Å². The van der Waals surface area contributed by atoms with Gasteiger partial charge in [-0.3, -0.25) is 4.79 Å². The molecule has 0 radical (unpaired) electrons. The normalized spacial score (nSPS) is 15.2. The number of hydrogen-bond acceptors (Lipinski definition) is 3. The van der Waals surface area contributed by atoms with E-state index in [1.165, 1.54) is 12.1 Å². The van der Waals surface area contributed by atoms with Crippen LogP contribution in [-0.2, 0) is 4.74 Å². The zero-order valence-electron chi connectivity index (χ0n) is 12.1. The summed E-state index contributed by atoms with van der Waals surface area (Å²) >= 11 is 0. The topological polar surface area (TPSA) is 55.6 Å². The van der Waals surface area contributed by atoms with Crippen LogP contribution in [0.5, 0.6) is 0 Å². The second kappa shape index (κ2) is 7.21. The van der Waals surface area contributed by atoms with Crippen LogP contribution in [0.2, 0.25) is 0 Å². The first-order chi connectivity index (χ1) is 10.1. The van der Waals surface area contributed by atoms with Crippen molar-refractivity contribution < 1.29 is 13.9 Å². The third kappa shape index (κ3) is 3.81. The summed E-state index contributed by atoms with van der Waals surface area (Å²) < 4.78 is 19.2. The molecule has 21 heavy (non-hydrogen) atoms. The average molecular weight is 290 g/mol. The maximum Gasteiger partial charge on any atom is 0.253 e. The van der Waals surface area contributed by atoms with Crippen molar-refractivity contribution in [3.63, 3.8) is 0 Å². The van der Waals surface area contributed by atoms with Gasteiger partial charge in [-0.25, -0.2) is 4.39 Å². The van der Waals surface area contributed by atoms with E-state index < -0.39 is 5.82 Å². The minimum atomic E-state index is -0.498. The molecule has 0 unspecified atom stereocenters. The van der Waals surface area contributed by atoms with Crippen LogP contribution >= 0.6 is 0 Å². The number of nitrogens with two attached hydrogens (primary N) is 1. The summed E-state index contributed by atoms with van der Waals surface area (Å²) in [4.78, 5) is 14.1. The molecule has 1 aromatic carbocycles. The lowest BCUT2D eigenvalue weighted by Crippen LogP contribution is -2.40. The summed E-state index contributed by atoms with van der Waals surface area (Å²) in [6.45, 7) is 1.49. The monoisotopic (exact) mass is 290 g/mol. The Labute approximate surface area is 124 Å². The molecule has 0 atom stereocenters. The van der Waals surface area contributed by atoms with E-state index in [1.807, 2.05) is 0 Å². The first kappa shape index (κ1) is 15.5. The van der Waals surface area contributed by atoms with Crippen LogP contribution in [0, 0.1) is 17.7 Å². The number of carbonyl (C=O) groups excluding carboxylic acids is 1. The fourth-order valence-corrected chi connectivity index (χ4v) is 2.34. The lowest BCUT2D eigenvalue weighted by atomic mass is 10.1. The van der Waals surface area contributed by atoms with Crippen molar-refractivity contribution >= 4 is 5.91 Å². The van der Waals surface area contributed by atoms with Crippen molar-refractivity contribution in [2.45, 2.75) is 18.9 Å². The Kier molecular flexibility index (Phi) is 5.32. The first-order valence-electron chi connectivity index (χ1n) is 6.97. The highest BCUT2D eigenvalue weighted by Crippen LogP contribution is 2.17. The van der Waals surface area contributed by atoms with E-state index in [9.17, 15) is 9.18 Å². The molecule has 1 amide bonds. The zero-order valence-corrected chi connectivity index (χ0v) is 12.1. The van der Waals surface area contributed by atoms with Crippen LogP contribution in [0.3, 0.4) is 0 Å². The van der Waals surface area contributed by atoms with E-state index in [0.29, 0.717) is 18.8 Å². The van der Waals surface area contributed by atoms with E-state index in [4.69, 9.17) is 10.5 Å². The third-order valence-electron chi connectivity index (χ3n) is 3.60. The van der Waals surface area contributed by atoms with E-state index in [0.717, 1.165) is 12.8 Å². The molecule has 0 saturated carbocycles. The van der Waals surface area contributed by atoms with E-state index in [-0.39, 0.29) is 24.1 Å². The maximum atomic E-state index is 13.9. The minimum Gasteiger partial charge on any atom is -0.381 e. The van der Waals surface area contributed by atoms with Gasteiger partial charge in [0.05, 0.1) is 12.1 Å². The molecular weight excluding hydrogens is 271 g/mol. The molecule has 112 valence electrons. The highest BCUT2D eigenvalue weighted by atomic mass is 19.1. The molecule has 1 heterocycles. The van der Waals surface area contributed by atoms with Crippen LogP contribution in [0.25, 0.3) is 0 Å². The second-order valence-electron chi connectivity index (χ2n) is 4.96. The molecule has 5 heteroatoms. The van der Waals surface area contributed by atoms with Gasteiger partial charge < -0.3 is 15.4 Å². The molecule has 0 bridgehead atoms. The van der Waals surface area contributed by atoms with Gasteiger partial charge in [0.25, 0.3) is 5.91 Å². The van der Waals surface area contributed by atoms with Crippen molar-refractivity contribution in [2.24, 2.45) is 5.73 Å². The standard InChI is InChI=1S/C16H19FN2O2/c1-19(14-6-9-21-10-7-14)16(20)13-5-4-12(3-2-8-18)15(17)11-13/h4-5,11,14H,6-10,18H2,1H3. The number of hydrogen-bond donors (Lipinski definition) is 1. The predicted octanol–water partition coefficient (Wildman–Crippen LogP) is 1.39. The first-order valence-corrected chi connectivity index (χ1v) is 6.97. The van der Waals surface area contributed by atoms with Crippen LogP contribution in [0.4, 0.5) is 4.39 Å². The van der Waals surface area contributed by atoms with Gasteiger partial charge in [-0.15, -0.1) is 0 Å². The van der Waals surface area contributed by atoms with Gasteiger partial charge in [0.2, 0.25) is 0 Å². The van der Waals surface area contributed by atoms with E-state index in [1.54, 1.807) is 18.0 Å². The van der Waals surface area contributed by atoms with Crippen molar-refractivity contribution in [2.75, 3.05) is 26.8 Å². The Morgan fingerprint density at radius 1 is 1.48 bits per heavy atom. The molecule has 0 aromatic heterocycles. The Morgan fingerprint density at radius 3 is 2.81 bits per heavy atom. The Hall–Kier alpha value is -1.90. The second-order valence-corrected chi connectivity index (χ2v) is 4.96. The Bertz CT molecular complexity index is 571. The number of nitrogens with zero attached hydrogens (tertiary/aromatic N) is 1. The minimum absolute atomic E-state index is 0.144. The van der Waals surface area contributed by atoms with Crippen LogP contribution in [-0.4, -0.2) is 43.7 Å². The Balaban J connectivity index is 2.13. The number of ether oxygens (including phenoxy) is 1. The molecule has 1 saturated heterocycles. The lowest BCUT2D eigenvalue weighted by molar-refractivity contribution is 0.0362. The maximum absolute atomic E-state index is 13.9. The van der Waals surface area contributed by atoms with Gasteiger partial charge in [-0.2, -0.15) is 0 Å². The van der Waals surface area contributed by atoms with Gasteiger partial charge in [0, 0.05) is 31.9 Å². The van der Waals surface area contributed by atoms with Crippen molar-refractivity contribution in [3.8, 4) is 11.8 Å². The molecular formula is C16H19FN2O2. The van der Waals surface area contributed by atoms with Crippen LogP contribution in [0.15, 0.2) is 18.2 Å². The summed E-state index contributed by atoms with van der Waals surface area (Å²) in [7, 11) is 1.75. The smallest absolute Gasteiger partial charge is 0.253 e. The fourth-order valence-electron chi connectivity index (χ4n) is 2.34. The predicted molar refractivity (Wildman–Crippen MR) is 78.3 cm³/mol.